The van der Waals surface area contributed by atoms with E-state index >= 15 is 0 Å². The zero-order valence-corrected chi connectivity index (χ0v) is 16.1. The van der Waals surface area contributed by atoms with Gasteiger partial charge in [0.2, 0.25) is 5.91 Å². The van der Waals surface area contributed by atoms with Crippen LogP contribution in [0.2, 0.25) is 0 Å². The molecular formula is C20H24N6O3. The van der Waals surface area contributed by atoms with Crippen molar-refractivity contribution in [2.75, 3.05) is 49.6 Å². The standard InChI is InChI=1S/C20H24N6O3/c21-10-15-4-3-14(9-17(15)22-16-11-28-12-16)18-23-20(24-29-18)26-7-5-25(6-8-26)19(27)13-1-2-13/h3-4,9-10,13,16,21-22H,1-2,5-8,11-12H2. The Labute approximate surface area is 168 Å². The average Bonchev–Trinajstić information content (AvgIpc) is 3.46. The third kappa shape index (κ3) is 3.69. The van der Waals surface area contributed by atoms with Crippen LogP contribution in [-0.2, 0) is 9.53 Å². The molecule has 2 aromatic rings. The SMILES string of the molecule is N=Cc1ccc(-c2nc(N3CCN(C(=O)C4CC4)CC3)no2)cc1NC1COC1. The first-order valence-corrected chi connectivity index (χ1v) is 10.1. The van der Waals surface area contributed by atoms with Gasteiger partial charge in [0.05, 0.1) is 19.3 Å². The molecule has 29 heavy (non-hydrogen) atoms. The lowest BCUT2D eigenvalue weighted by Crippen LogP contribution is -2.49. The molecule has 3 heterocycles. The molecule has 1 saturated carbocycles. The summed E-state index contributed by atoms with van der Waals surface area (Å²) < 4.78 is 10.7. The number of nitrogens with one attached hydrogen (secondary N) is 2. The fraction of sp³-hybridized carbons (Fsp3) is 0.500. The van der Waals surface area contributed by atoms with Crippen LogP contribution in [0.5, 0.6) is 0 Å². The molecule has 1 aliphatic carbocycles. The van der Waals surface area contributed by atoms with E-state index in [0.717, 1.165) is 29.7 Å². The summed E-state index contributed by atoms with van der Waals surface area (Å²) in [5.41, 5.74) is 2.47. The van der Waals surface area contributed by atoms with E-state index in [4.69, 9.17) is 14.7 Å². The van der Waals surface area contributed by atoms with Crippen LogP contribution < -0.4 is 10.2 Å². The molecule has 0 radical (unpaired) electrons. The van der Waals surface area contributed by atoms with Crippen molar-refractivity contribution in [2.24, 2.45) is 5.92 Å². The molecule has 1 aromatic heterocycles. The van der Waals surface area contributed by atoms with Gasteiger partial charge in [0.25, 0.3) is 11.8 Å². The quantitative estimate of drug-likeness (QED) is 0.714. The highest BCUT2D eigenvalue weighted by molar-refractivity contribution is 5.87. The van der Waals surface area contributed by atoms with Crippen LogP contribution in [0.25, 0.3) is 11.5 Å². The molecule has 5 rings (SSSR count). The van der Waals surface area contributed by atoms with E-state index in [1.54, 1.807) is 0 Å². The van der Waals surface area contributed by atoms with Crippen molar-refractivity contribution in [3.63, 3.8) is 0 Å². The summed E-state index contributed by atoms with van der Waals surface area (Å²) in [4.78, 5) is 20.8. The second-order valence-electron chi connectivity index (χ2n) is 7.81. The molecule has 1 amide bonds. The van der Waals surface area contributed by atoms with Crippen molar-refractivity contribution in [2.45, 2.75) is 18.9 Å². The largest absolute Gasteiger partial charge is 0.377 e. The van der Waals surface area contributed by atoms with Crippen molar-refractivity contribution in [1.82, 2.24) is 15.0 Å². The van der Waals surface area contributed by atoms with Gasteiger partial charge in [-0.25, -0.2) is 0 Å². The highest BCUT2D eigenvalue weighted by Crippen LogP contribution is 2.31. The molecule has 2 aliphatic heterocycles. The van der Waals surface area contributed by atoms with E-state index in [0.29, 0.717) is 57.1 Å². The summed E-state index contributed by atoms with van der Waals surface area (Å²) >= 11 is 0. The van der Waals surface area contributed by atoms with E-state index < -0.39 is 0 Å². The Hall–Kier alpha value is -2.94. The first-order chi connectivity index (χ1) is 14.2. The van der Waals surface area contributed by atoms with E-state index in [1.165, 1.54) is 6.21 Å². The zero-order chi connectivity index (χ0) is 19.8. The Morgan fingerprint density at radius 1 is 1.21 bits per heavy atom. The fourth-order valence-electron chi connectivity index (χ4n) is 3.66. The summed E-state index contributed by atoms with van der Waals surface area (Å²) in [6, 6.07) is 5.95. The molecule has 9 nitrogen and oxygen atoms in total. The molecule has 1 aromatic carbocycles. The van der Waals surface area contributed by atoms with Gasteiger partial charge >= 0.3 is 0 Å². The Kier molecular flexibility index (Phi) is 4.67. The summed E-state index contributed by atoms with van der Waals surface area (Å²) in [6.45, 7) is 4.15. The maximum absolute atomic E-state index is 12.2. The van der Waals surface area contributed by atoms with Crippen LogP contribution in [0.3, 0.4) is 0 Å². The van der Waals surface area contributed by atoms with Gasteiger partial charge in [-0.15, -0.1) is 0 Å². The average molecular weight is 396 g/mol. The highest BCUT2D eigenvalue weighted by atomic mass is 16.5. The van der Waals surface area contributed by atoms with E-state index in [9.17, 15) is 4.79 Å². The predicted octanol–water partition coefficient (Wildman–Crippen LogP) is 1.60. The van der Waals surface area contributed by atoms with Crippen LogP contribution in [-0.4, -0.2) is 72.6 Å². The number of anilines is 2. The second-order valence-corrected chi connectivity index (χ2v) is 7.81. The molecule has 0 unspecified atom stereocenters. The summed E-state index contributed by atoms with van der Waals surface area (Å²) in [5, 5.41) is 15.2. The first kappa shape index (κ1) is 18.1. The Morgan fingerprint density at radius 2 is 2.00 bits per heavy atom. The number of amides is 1. The fourth-order valence-corrected chi connectivity index (χ4v) is 3.66. The van der Waals surface area contributed by atoms with Gasteiger partial charge in [-0.3, -0.25) is 4.79 Å². The van der Waals surface area contributed by atoms with Gasteiger partial charge in [-0.05, 0) is 30.1 Å². The van der Waals surface area contributed by atoms with Crippen molar-refractivity contribution < 1.29 is 14.1 Å². The zero-order valence-electron chi connectivity index (χ0n) is 16.1. The number of carbonyl (C=O) groups is 1. The number of hydrogen-bond acceptors (Lipinski definition) is 8. The number of aromatic nitrogens is 2. The summed E-state index contributed by atoms with van der Waals surface area (Å²) in [7, 11) is 0. The highest BCUT2D eigenvalue weighted by Gasteiger charge is 2.35. The first-order valence-electron chi connectivity index (χ1n) is 10.1. The Balaban J connectivity index is 1.28. The lowest BCUT2D eigenvalue weighted by atomic mass is 10.1. The van der Waals surface area contributed by atoms with Crippen LogP contribution in [0, 0.1) is 11.3 Å². The molecule has 3 fully saturated rings. The predicted molar refractivity (Wildman–Crippen MR) is 107 cm³/mol. The third-order valence-electron chi connectivity index (χ3n) is 5.67. The van der Waals surface area contributed by atoms with Gasteiger partial charge in [-0.2, -0.15) is 4.98 Å². The molecule has 0 atom stereocenters. The number of ether oxygens (including phenoxy) is 1. The van der Waals surface area contributed by atoms with Gasteiger partial charge < -0.3 is 29.8 Å². The second kappa shape index (κ2) is 7.47. The maximum atomic E-state index is 12.2. The minimum absolute atomic E-state index is 0.261. The number of nitrogens with zero attached hydrogens (tertiary/aromatic N) is 4. The van der Waals surface area contributed by atoms with Gasteiger partial charge in [0.1, 0.15) is 0 Å². The molecule has 0 bridgehead atoms. The van der Waals surface area contributed by atoms with Crippen molar-refractivity contribution in [1.29, 1.82) is 5.41 Å². The van der Waals surface area contributed by atoms with Crippen molar-refractivity contribution >= 4 is 23.8 Å². The topological polar surface area (TPSA) is 108 Å². The number of hydrogen-bond donors (Lipinski definition) is 2. The minimum atomic E-state index is 0.261. The Morgan fingerprint density at radius 3 is 2.66 bits per heavy atom. The smallest absolute Gasteiger partial charge is 0.266 e. The Bertz CT molecular complexity index is 913. The normalized spacial score (nSPS) is 19.7. The lowest BCUT2D eigenvalue weighted by Gasteiger charge is -2.34. The third-order valence-corrected chi connectivity index (χ3v) is 5.67. The van der Waals surface area contributed by atoms with E-state index in [1.807, 2.05) is 23.1 Å². The van der Waals surface area contributed by atoms with Crippen LogP contribution in [0.1, 0.15) is 18.4 Å². The number of piperazine rings is 1. The monoisotopic (exact) mass is 396 g/mol. The molecule has 152 valence electrons. The lowest BCUT2D eigenvalue weighted by molar-refractivity contribution is -0.132. The van der Waals surface area contributed by atoms with Gasteiger partial charge in [0, 0.05) is 55.1 Å². The summed E-state index contributed by atoms with van der Waals surface area (Å²) in [6.07, 6.45) is 3.40. The van der Waals surface area contributed by atoms with Crippen molar-refractivity contribution in [3.8, 4) is 11.5 Å². The van der Waals surface area contributed by atoms with Crippen LogP contribution in [0.15, 0.2) is 22.7 Å². The molecule has 3 aliphatic rings. The molecule has 2 N–H and O–H groups in total. The minimum Gasteiger partial charge on any atom is -0.377 e. The molecule has 2 saturated heterocycles. The van der Waals surface area contributed by atoms with E-state index in [-0.39, 0.29) is 12.0 Å². The number of rotatable bonds is 6. The van der Waals surface area contributed by atoms with Gasteiger partial charge in [-0.1, -0.05) is 6.07 Å². The number of benzene rings is 1. The molecular weight excluding hydrogens is 372 g/mol. The van der Waals surface area contributed by atoms with Crippen LogP contribution in [0.4, 0.5) is 11.6 Å². The maximum Gasteiger partial charge on any atom is 0.266 e. The number of carbonyl (C=O) groups excluding carboxylic acids is 1. The molecule has 0 spiro atoms. The van der Waals surface area contributed by atoms with Crippen molar-refractivity contribution in [3.05, 3.63) is 23.8 Å². The van der Waals surface area contributed by atoms with E-state index in [2.05, 4.69) is 20.4 Å². The van der Waals surface area contributed by atoms with Crippen LogP contribution >= 0.6 is 0 Å². The summed E-state index contributed by atoms with van der Waals surface area (Å²) in [5.74, 6) is 1.55. The molecule has 9 heteroatoms. The van der Waals surface area contributed by atoms with Gasteiger partial charge in [0.15, 0.2) is 0 Å².